The normalized spacial score (nSPS) is 12.4. The van der Waals surface area contributed by atoms with Gasteiger partial charge in [-0.15, -0.1) is 22.7 Å². The summed E-state index contributed by atoms with van der Waals surface area (Å²) in [7, 11) is 0. The molecule has 0 saturated carbocycles. The Morgan fingerprint density at radius 1 is 1.00 bits per heavy atom. The smallest absolute Gasteiger partial charge is 0.183 e. The van der Waals surface area contributed by atoms with Crippen LogP contribution in [-0.4, -0.2) is 15.2 Å². The number of thiophene rings is 2. The number of aromatic nitrogens is 2. The van der Waals surface area contributed by atoms with Crippen molar-refractivity contribution in [1.29, 1.82) is 0 Å². The van der Waals surface area contributed by atoms with E-state index < -0.39 is 6.10 Å². The highest BCUT2D eigenvalue weighted by Gasteiger charge is 2.28. The first-order valence-electron chi connectivity index (χ1n) is 7.22. The summed E-state index contributed by atoms with van der Waals surface area (Å²) in [4.78, 5) is 5.70. The van der Waals surface area contributed by atoms with Crippen LogP contribution in [0.4, 0.5) is 0 Å². The molecule has 0 saturated heterocycles. The molecule has 4 aromatic heterocycles. The van der Waals surface area contributed by atoms with E-state index in [0.717, 1.165) is 9.75 Å². The van der Waals surface area contributed by atoms with Crippen molar-refractivity contribution in [3.8, 4) is 21.2 Å². The molecule has 25 heavy (non-hydrogen) atoms. The topological polar surface area (TPSA) is 59.2 Å². The maximum absolute atomic E-state index is 11.0. The van der Waals surface area contributed by atoms with Crippen LogP contribution in [0.5, 0.6) is 0 Å². The molecule has 0 aliphatic carbocycles. The van der Waals surface area contributed by atoms with E-state index in [1.165, 1.54) is 22.7 Å². The largest absolute Gasteiger partial charge is 0.383 e. The fourth-order valence-electron chi connectivity index (χ4n) is 2.49. The SMILES string of the molecule is OC(c1cccnc1)c1c(-c2ccc(Cl)s2)noc1-c1ccc(Cl)s1. The zero-order valence-electron chi connectivity index (χ0n) is 12.5. The summed E-state index contributed by atoms with van der Waals surface area (Å²) in [5, 5.41) is 15.2. The van der Waals surface area contributed by atoms with Crippen LogP contribution < -0.4 is 0 Å². The van der Waals surface area contributed by atoms with Gasteiger partial charge in [0.25, 0.3) is 0 Å². The number of nitrogens with zero attached hydrogens (tertiary/aromatic N) is 2. The minimum Gasteiger partial charge on any atom is -0.383 e. The van der Waals surface area contributed by atoms with Gasteiger partial charge in [-0.3, -0.25) is 4.98 Å². The van der Waals surface area contributed by atoms with Crippen LogP contribution >= 0.6 is 45.9 Å². The van der Waals surface area contributed by atoms with E-state index in [1.54, 1.807) is 36.7 Å². The van der Waals surface area contributed by atoms with E-state index in [-0.39, 0.29) is 0 Å². The molecule has 0 bridgehead atoms. The molecule has 8 heteroatoms. The second-order valence-corrected chi connectivity index (χ2v) is 8.60. The third kappa shape index (κ3) is 3.23. The Balaban J connectivity index is 1.90. The molecule has 0 aromatic carbocycles. The van der Waals surface area contributed by atoms with Gasteiger partial charge in [0, 0.05) is 18.0 Å². The maximum Gasteiger partial charge on any atom is 0.183 e. The minimum absolute atomic E-state index is 0.493. The van der Waals surface area contributed by atoms with Gasteiger partial charge in [0.15, 0.2) is 5.76 Å². The molecular weight excluding hydrogens is 399 g/mol. The van der Waals surface area contributed by atoms with Crippen molar-refractivity contribution in [2.24, 2.45) is 0 Å². The molecule has 0 aliphatic rings. The van der Waals surface area contributed by atoms with Crippen LogP contribution in [0.15, 0.2) is 53.3 Å². The highest BCUT2D eigenvalue weighted by atomic mass is 35.5. The number of pyridine rings is 1. The fraction of sp³-hybridized carbons (Fsp3) is 0.0588. The number of halogens is 2. The third-order valence-electron chi connectivity index (χ3n) is 3.61. The Labute approximate surface area is 161 Å². The molecule has 4 rings (SSSR count). The molecule has 0 radical (unpaired) electrons. The molecule has 4 aromatic rings. The molecular formula is C17H10Cl2N2O2S2. The van der Waals surface area contributed by atoms with Gasteiger partial charge in [0.1, 0.15) is 11.8 Å². The lowest BCUT2D eigenvalue weighted by atomic mass is 9.99. The molecule has 1 unspecified atom stereocenters. The van der Waals surface area contributed by atoms with Crippen molar-refractivity contribution in [2.75, 3.05) is 0 Å². The number of hydrogen-bond acceptors (Lipinski definition) is 6. The summed E-state index contributed by atoms with van der Waals surface area (Å²) in [6, 6.07) is 10.9. The molecule has 0 aliphatic heterocycles. The number of hydrogen-bond donors (Lipinski definition) is 1. The predicted octanol–water partition coefficient (Wildman–Crippen LogP) is 5.92. The Bertz CT molecular complexity index is 953. The second kappa shape index (κ2) is 6.90. The average molecular weight is 409 g/mol. The first-order valence-corrected chi connectivity index (χ1v) is 9.61. The zero-order chi connectivity index (χ0) is 17.4. The van der Waals surface area contributed by atoms with E-state index >= 15 is 0 Å². The van der Waals surface area contributed by atoms with Gasteiger partial charge in [-0.2, -0.15) is 0 Å². The van der Waals surface area contributed by atoms with Crippen molar-refractivity contribution >= 4 is 45.9 Å². The highest BCUT2D eigenvalue weighted by Crippen LogP contribution is 2.43. The molecule has 0 amide bonds. The molecule has 1 atom stereocenters. The van der Waals surface area contributed by atoms with Crippen molar-refractivity contribution in [3.63, 3.8) is 0 Å². The summed E-state index contributed by atoms with van der Waals surface area (Å²) in [5.41, 5.74) is 1.79. The number of rotatable bonds is 4. The average Bonchev–Trinajstić information content (AvgIpc) is 3.34. The van der Waals surface area contributed by atoms with Crippen molar-refractivity contribution in [3.05, 3.63) is 68.6 Å². The summed E-state index contributed by atoms with van der Waals surface area (Å²) < 4.78 is 6.86. The van der Waals surface area contributed by atoms with Gasteiger partial charge < -0.3 is 9.63 Å². The first-order chi connectivity index (χ1) is 12.1. The van der Waals surface area contributed by atoms with Crippen molar-refractivity contribution < 1.29 is 9.63 Å². The minimum atomic E-state index is -0.938. The predicted molar refractivity (Wildman–Crippen MR) is 101 cm³/mol. The summed E-state index contributed by atoms with van der Waals surface area (Å²) >= 11 is 14.9. The van der Waals surface area contributed by atoms with E-state index in [9.17, 15) is 5.11 Å². The van der Waals surface area contributed by atoms with Gasteiger partial charge in [-0.25, -0.2) is 0 Å². The standard InChI is InChI=1S/C17H10Cl2N2O2S2/c18-12-5-3-10(24-12)15-14(16(22)9-2-1-7-20-8-9)17(23-21-15)11-4-6-13(19)25-11/h1-8,16,22H. The molecule has 126 valence electrons. The number of aliphatic hydroxyl groups is 1. The first kappa shape index (κ1) is 16.8. The lowest BCUT2D eigenvalue weighted by Crippen LogP contribution is -2.02. The Morgan fingerprint density at radius 2 is 1.72 bits per heavy atom. The number of aliphatic hydroxyl groups excluding tert-OH is 1. The van der Waals surface area contributed by atoms with Gasteiger partial charge in [0.2, 0.25) is 0 Å². The van der Waals surface area contributed by atoms with Gasteiger partial charge in [-0.05, 0) is 30.3 Å². The third-order valence-corrected chi connectivity index (χ3v) is 6.07. The Kier molecular flexibility index (Phi) is 4.62. The Morgan fingerprint density at radius 3 is 2.32 bits per heavy atom. The second-order valence-electron chi connectivity index (χ2n) is 5.17. The molecule has 0 spiro atoms. The van der Waals surface area contributed by atoms with Gasteiger partial charge in [0.05, 0.1) is 24.0 Å². The van der Waals surface area contributed by atoms with Crippen LogP contribution in [0.25, 0.3) is 21.2 Å². The van der Waals surface area contributed by atoms with E-state index in [1.807, 2.05) is 12.1 Å². The van der Waals surface area contributed by atoms with E-state index in [4.69, 9.17) is 27.7 Å². The molecule has 0 fully saturated rings. The quantitative estimate of drug-likeness (QED) is 0.455. The monoisotopic (exact) mass is 408 g/mol. The maximum atomic E-state index is 11.0. The zero-order valence-corrected chi connectivity index (χ0v) is 15.7. The van der Waals surface area contributed by atoms with Crippen molar-refractivity contribution in [2.45, 2.75) is 6.10 Å². The van der Waals surface area contributed by atoms with E-state index in [0.29, 0.717) is 31.3 Å². The summed E-state index contributed by atoms with van der Waals surface area (Å²) in [6.45, 7) is 0. The molecule has 1 N–H and O–H groups in total. The highest BCUT2D eigenvalue weighted by molar-refractivity contribution is 7.19. The van der Waals surface area contributed by atoms with Crippen LogP contribution in [0.3, 0.4) is 0 Å². The lowest BCUT2D eigenvalue weighted by molar-refractivity contribution is 0.220. The molecule has 4 nitrogen and oxygen atoms in total. The molecule has 4 heterocycles. The summed E-state index contributed by atoms with van der Waals surface area (Å²) in [6.07, 6.45) is 2.34. The lowest BCUT2D eigenvalue weighted by Gasteiger charge is -2.11. The van der Waals surface area contributed by atoms with Crippen LogP contribution in [0.1, 0.15) is 17.2 Å². The summed E-state index contributed by atoms with van der Waals surface area (Å²) in [5.74, 6) is 0.493. The van der Waals surface area contributed by atoms with Crippen molar-refractivity contribution in [1.82, 2.24) is 10.1 Å². The van der Waals surface area contributed by atoms with Crippen LogP contribution in [0.2, 0.25) is 8.67 Å². The van der Waals surface area contributed by atoms with Crippen LogP contribution in [0, 0.1) is 0 Å². The fourth-order valence-corrected chi connectivity index (χ4v) is 4.56. The van der Waals surface area contributed by atoms with Crippen LogP contribution in [-0.2, 0) is 0 Å². The van der Waals surface area contributed by atoms with Gasteiger partial charge in [-0.1, -0.05) is 34.4 Å². The van der Waals surface area contributed by atoms with E-state index in [2.05, 4.69) is 10.1 Å². The van der Waals surface area contributed by atoms with Gasteiger partial charge >= 0.3 is 0 Å². The Hall–Kier alpha value is -1.70.